The smallest absolute Gasteiger partial charge is 0.248 e. The molecule has 1 fully saturated rings. The van der Waals surface area contributed by atoms with Gasteiger partial charge in [0.2, 0.25) is 5.91 Å². The highest BCUT2D eigenvalue weighted by Gasteiger charge is 2.38. The van der Waals surface area contributed by atoms with Crippen molar-refractivity contribution in [2.45, 2.75) is 10.9 Å². The second-order valence-corrected chi connectivity index (χ2v) is 8.54. The zero-order valence-corrected chi connectivity index (χ0v) is 12.5. The Kier molecular flexibility index (Phi) is 3.09. The van der Waals surface area contributed by atoms with Crippen LogP contribution in [-0.2, 0) is 25.4 Å². The summed E-state index contributed by atoms with van der Waals surface area (Å²) in [6.45, 7) is 0.491. The molecule has 0 saturated carbocycles. The van der Waals surface area contributed by atoms with E-state index in [-0.39, 0.29) is 16.6 Å². The number of hydrogen-bond donors (Lipinski definition) is 1. The van der Waals surface area contributed by atoms with E-state index >= 15 is 0 Å². The minimum atomic E-state index is -3.42. The van der Waals surface area contributed by atoms with E-state index in [1.807, 2.05) is 4.90 Å². The van der Waals surface area contributed by atoms with Crippen LogP contribution in [0, 0.1) is 0 Å². The molecule has 2 aliphatic rings. The molecular weight excluding hydrogens is 300 g/mol. The van der Waals surface area contributed by atoms with Crippen LogP contribution in [0.25, 0.3) is 0 Å². The first kappa shape index (κ1) is 13.6. The topological polar surface area (TPSA) is 83.5 Å². The van der Waals surface area contributed by atoms with Crippen molar-refractivity contribution in [1.82, 2.24) is 0 Å². The molecule has 6 nitrogen and oxygen atoms in total. The highest BCUT2D eigenvalue weighted by atomic mass is 32.2. The zero-order chi connectivity index (χ0) is 14.5. The molecule has 1 N–H and O–H groups in total. The molecule has 108 valence electrons. The van der Waals surface area contributed by atoms with E-state index in [0.29, 0.717) is 23.7 Å². The fourth-order valence-electron chi connectivity index (χ4n) is 2.61. The molecule has 20 heavy (non-hydrogen) atoms. The molecule has 0 bridgehead atoms. The number of hydrogen-bond acceptors (Lipinski definition) is 5. The lowest BCUT2D eigenvalue weighted by molar-refractivity contribution is -0.117. The molecule has 2 aliphatic heterocycles. The Morgan fingerprint density at radius 1 is 1.40 bits per heavy atom. The van der Waals surface area contributed by atoms with Crippen molar-refractivity contribution in [3.63, 3.8) is 0 Å². The summed E-state index contributed by atoms with van der Waals surface area (Å²) >= 11 is 0. The third kappa shape index (κ3) is 2.12. The number of carbonyl (C=O) groups excluding carboxylic acids is 1. The third-order valence-electron chi connectivity index (χ3n) is 3.54. The molecule has 2 heterocycles. The maximum absolute atomic E-state index is 12.1. The second-order valence-electron chi connectivity index (χ2n) is 4.93. The number of para-hydroxylation sites is 1. The van der Waals surface area contributed by atoms with Crippen LogP contribution < -0.4 is 10.2 Å². The van der Waals surface area contributed by atoms with Gasteiger partial charge in [0, 0.05) is 29.4 Å². The van der Waals surface area contributed by atoms with Crippen molar-refractivity contribution in [2.75, 3.05) is 34.5 Å². The lowest BCUT2D eigenvalue weighted by atomic mass is 10.1. The van der Waals surface area contributed by atoms with Gasteiger partial charge in [0.15, 0.2) is 9.84 Å². The Hall–Kier alpha value is -1.41. The average molecular weight is 314 g/mol. The molecule has 3 rings (SSSR count). The number of nitrogens with zero attached hydrogens (tertiary/aromatic N) is 1. The highest BCUT2D eigenvalue weighted by molar-refractivity contribution is 7.90. The Bertz CT molecular complexity index is 714. The molecule has 1 saturated heterocycles. The number of carbonyl (C=O) groups is 1. The fraction of sp³-hybridized carbons (Fsp3) is 0.417. The van der Waals surface area contributed by atoms with Gasteiger partial charge in [0.25, 0.3) is 0 Å². The highest BCUT2D eigenvalue weighted by Crippen LogP contribution is 2.38. The molecule has 0 aliphatic carbocycles. The van der Waals surface area contributed by atoms with E-state index in [2.05, 4.69) is 5.32 Å². The maximum Gasteiger partial charge on any atom is 0.248 e. The standard InChI is InChI=1S/C12H14N2O4S2/c1-20(17,18)10-4-2-3-8-11(10)13-12(15)9-7-19(16)6-5-14(8)9/h2-4,9H,5-7H2,1H3,(H,13,15). The van der Waals surface area contributed by atoms with Crippen LogP contribution in [0.5, 0.6) is 0 Å². The van der Waals surface area contributed by atoms with Gasteiger partial charge in [-0.3, -0.25) is 9.00 Å². The van der Waals surface area contributed by atoms with Gasteiger partial charge >= 0.3 is 0 Å². The van der Waals surface area contributed by atoms with Crippen LogP contribution in [0.3, 0.4) is 0 Å². The van der Waals surface area contributed by atoms with Crippen LogP contribution in [0.2, 0.25) is 0 Å². The van der Waals surface area contributed by atoms with Gasteiger partial charge in [0.05, 0.1) is 22.0 Å². The lowest BCUT2D eigenvalue weighted by Gasteiger charge is -2.40. The molecule has 1 amide bonds. The summed E-state index contributed by atoms with van der Waals surface area (Å²) in [4.78, 5) is 14.1. The number of amides is 1. The molecule has 1 aromatic rings. The Morgan fingerprint density at radius 2 is 2.15 bits per heavy atom. The van der Waals surface area contributed by atoms with E-state index < -0.39 is 26.7 Å². The van der Waals surface area contributed by atoms with Crippen LogP contribution in [-0.4, -0.2) is 48.9 Å². The predicted molar refractivity (Wildman–Crippen MR) is 77.2 cm³/mol. The molecule has 2 atom stereocenters. The van der Waals surface area contributed by atoms with Crippen LogP contribution in [0.4, 0.5) is 11.4 Å². The number of anilines is 2. The summed E-state index contributed by atoms with van der Waals surface area (Å²) in [5.74, 6) is 0.488. The zero-order valence-electron chi connectivity index (χ0n) is 10.8. The Morgan fingerprint density at radius 3 is 2.85 bits per heavy atom. The molecule has 1 aromatic carbocycles. The van der Waals surface area contributed by atoms with Crippen LogP contribution >= 0.6 is 0 Å². The van der Waals surface area contributed by atoms with Gasteiger partial charge < -0.3 is 10.2 Å². The third-order valence-corrected chi connectivity index (χ3v) is 6.01. The molecule has 8 heteroatoms. The molecule has 0 spiro atoms. The number of rotatable bonds is 1. The number of benzene rings is 1. The maximum atomic E-state index is 12.1. The molecular formula is C12H14N2O4S2. The second kappa shape index (κ2) is 4.56. The first-order valence-electron chi connectivity index (χ1n) is 6.13. The monoisotopic (exact) mass is 314 g/mol. The molecule has 0 radical (unpaired) electrons. The first-order chi connectivity index (χ1) is 9.38. The Labute approximate surface area is 119 Å². The van der Waals surface area contributed by atoms with E-state index in [9.17, 15) is 17.4 Å². The summed E-state index contributed by atoms with van der Waals surface area (Å²) in [6.07, 6.45) is 1.12. The van der Waals surface area contributed by atoms with Crippen LogP contribution in [0.1, 0.15) is 0 Å². The van der Waals surface area contributed by atoms with Gasteiger partial charge in [-0.1, -0.05) is 6.07 Å². The summed E-state index contributed by atoms with van der Waals surface area (Å²) < 4.78 is 35.2. The normalized spacial score (nSPS) is 25.6. The largest absolute Gasteiger partial charge is 0.356 e. The van der Waals surface area contributed by atoms with E-state index in [1.165, 1.54) is 6.07 Å². The molecule has 2 unspecified atom stereocenters. The van der Waals surface area contributed by atoms with Gasteiger partial charge in [0.1, 0.15) is 6.04 Å². The predicted octanol–water partition coefficient (Wildman–Crippen LogP) is -0.0205. The quantitative estimate of drug-likeness (QED) is 0.787. The van der Waals surface area contributed by atoms with Crippen molar-refractivity contribution in [3.05, 3.63) is 18.2 Å². The van der Waals surface area contributed by atoms with E-state index in [4.69, 9.17) is 0 Å². The van der Waals surface area contributed by atoms with E-state index in [0.717, 1.165) is 6.26 Å². The number of nitrogens with one attached hydrogen (secondary N) is 1. The van der Waals surface area contributed by atoms with Gasteiger partial charge in [-0.2, -0.15) is 0 Å². The fourth-order valence-corrected chi connectivity index (χ4v) is 4.71. The van der Waals surface area contributed by atoms with Crippen molar-refractivity contribution in [1.29, 1.82) is 0 Å². The van der Waals surface area contributed by atoms with Crippen molar-refractivity contribution in [3.8, 4) is 0 Å². The summed E-state index contributed by atoms with van der Waals surface area (Å²) in [7, 11) is -4.42. The summed E-state index contributed by atoms with van der Waals surface area (Å²) in [6, 6.07) is 4.45. The van der Waals surface area contributed by atoms with Crippen molar-refractivity contribution < 1.29 is 17.4 Å². The van der Waals surface area contributed by atoms with Gasteiger partial charge in [-0.25, -0.2) is 8.42 Å². The van der Waals surface area contributed by atoms with Crippen molar-refractivity contribution >= 4 is 37.9 Å². The average Bonchev–Trinajstić information content (AvgIpc) is 2.37. The molecule has 0 aromatic heterocycles. The minimum Gasteiger partial charge on any atom is -0.356 e. The van der Waals surface area contributed by atoms with Crippen LogP contribution in [0.15, 0.2) is 23.1 Å². The lowest BCUT2D eigenvalue weighted by Crippen LogP contribution is -2.55. The van der Waals surface area contributed by atoms with Crippen molar-refractivity contribution in [2.24, 2.45) is 0 Å². The first-order valence-corrected chi connectivity index (χ1v) is 9.51. The SMILES string of the molecule is CS(=O)(=O)c1cccc2c1NC(=O)C1CS(=O)CCN21. The van der Waals surface area contributed by atoms with Gasteiger partial charge in [-0.15, -0.1) is 0 Å². The summed E-state index contributed by atoms with van der Waals surface area (Å²) in [5.41, 5.74) is 1.03. The Balaban J connectivity index is 2.15. The van der Waals surface area contributed by atoms with Gasteiger partial charge in [-0.05, 0) is 12.1 Å². The minimum absolute atomic E-state index is 0.119. The number of sulfone groups is 1. The van der Waals surface area contributed by atoms with E-state index in [1.54, 1.807) is 12.1 Å². The number of fused-ring (bicyclic) bond motifs is 3. The summed E-state index contributed by atoms with van der Waals surface area (Å²) in [5, 5.41) is 2.66.